The van der Waals surface area contributed by atoms with Crippen LogP contribution in [0, 0.1) is 10.6 Å². The summed E-state index contributed by atoms with van der Waals surface area (Å²) >= 11 is 0. The lowest BCUT2D eigenvalue weighted by Crippen LogP contribution is -2.54. The van der Waals surface area contributed by atoms with E-state index in [2.05, 4.69) is 20.1 Å². The van der Waals surface area contributed by atoms with Crippen molar-refractivity contribution in [2.24, 2.45) is 10.7 Å². The Morgan fingerprint density at radius 1 is 1.19 bits per heavy atom. The number of aromatic nitrogens is 3. The Labute approximate surface area is 184 Å². The zero-order valence-electron chi connectivity index (χ0n) is 18.0. The first-order valence-electron chi connectivity index (χ1n) is 9.72. The van der Waals surface area contributed by atoms with Gasteiger partial charge in [0.05, 0.1) is 35.0 Å². The smallest absolute Gasteiger partial charge is 0.232 e. The Kier molecular flexibility index (Phi) is 5.04. The highest BCUT2D eigenvalue weighted by Gasteiger charge is 2.47. The molecule has 0 aliphatic carbocycles. The van der Waals surface area contributed by atoms with Crippen LogP contribution in [0.3, 0.4) is 0 Å². The zero-order valence-corrected chi connectivity index (χ0v) is 18.9. The lowest BCUT2D eigenvalue weighted by molar-refractivity contribution is 0.395. The third-order valence-corrected chi connectivity index (χ3v) is 8.56. The van der Waals surface area contributed by atoms with Crippen LogP contribution in [-0.4, -0.2) is 42.8 Å². The fraction of sp³-hybridized carbons (Fsp3) is 0.333. The molecule has 3 heterocycles. The maximum atomic E-state index is 14.9. The topological polar surface area (TPSA) is 140 Å². The molecule has 0 radical (unpaired) electrons. The SMILES string of the molecule is COc1cnc(-c2cc(-c3ccc(F)c([C@]4(C)C[S@@](=N)(=O)C(C)(C)C(N)=N4)c3)on2)cn1. The summed E-state index contributed by atoms with van der Waals surface area (Å²) in [6, 6.07) is 6.04. The number of methoxy groups -OCH3 is 1. The Bertz CT molecular complexity index is 1320. The quantitative estimate of drug-likeness (QED) is 0.611. The lowest BCUT2D eigenvalue weighted by atomic mass is 9.91. The van der Waals surface area contributed by atoms with Crippen LogP contribution in [0.5, 0.6) is 5.88 Å². The van der Waals surface area contributed by atoms with Gasteiger partial charge in [-0.3, -0.25) is 9.77 Å². The van der Waals surface area contributed by atoms with E-state index in [0.717, 1.165) is 0 Å². The van der Waals surface area contributed by atoms with Crippen molar-refractivity contribution in [2.75, 3.05) is 12.9 Å². The first kappa shape index (κ1) is 21.9. The summed E-state index contributed by atoms with van der Waals surface area (Å²) in [5, 5.41) is 4.02. The molecule has 9 nitrogen and oxygen atoms in total. The second-order valence-electron chi connectivity index (χ2n) is 8.32. The second-order valence-corrected chi connectivity index (χ2v) is 11.0. The summed E-state index contributed by atoms with van der Waals surface area (Å²) < 4.78 is 45.7. The van der Waals surface area contributed by atoms with Gasteiger partial charge in [0.2, 0.25) is 5.88 Å². The molecule has 0 spiro atoms. The third kappa shape index (κ3) is 3.52. The molecule has 1 aliphatic heterocycles. The van der Waals surface area contributed by atoms with Crippen molar-refractivity contribution in [3.63, 3.8) is 0 Å². The average molecular weight is 459 g/mol. The highest BCUT2D eigenvalue weighted by atomic mass is 32.2. The molecule has 0 bridgehead atoms. The Balaban J connectivity index is 1.74. The van der Waals surface area contributed by atoms with Gasteiger partial charge in [0.1, 0.15) is 33.3 Å². The largest absolute Gasteiger partial charge is 0.480 e. The molecule has 0 amide bonds. The van der Waals surface area contributed by atoms with Crippen molar-refractivity contribution in [1.29, 1.82) is 4.78 Å². The van der Waals surface area contributed by atoms with Crippen molar-refractivity contribution >= 4 is 15.6 Å². The van der Waals surface area contributed by atoms with Crippen molar-refractivity contribution in [1.82, 2.24) is 15.1 Å². The van der Waals surface area contributed by atoms with Crippen LogP contribution in [0.1, 0.15) is 26.3 Å². The van der Waals surface area contributed by atoms with Crippen molar-refractivity contribution in [2.45, 2.75) is 31.1 Å². The molecule has 3 aromatic rings. The summed E-state index contributed by atoms with van der Waals surface area (Å²) in [6.45, 7) is 4.86. The van der Waals surface area contributed by atoms with Gasteiger partial charge in [-0.25, -0.2) is 18.6 Å². The number of rotatable bonds is 4. The number of aliphatic imine (C=N–C) groups is 1. The molecule has 11 heteroatoms. The van der Waals surface area contributed by atoms with E-state index in [1.165, 1.54) is 25.6 Å². The number of hydrogen-bond donors (Lipinski definition) is 2. The van der Waals surface area contributed by atoms with E-state index in [-0.39, 0.29) is 17.2 Å². The number of nitrogens with one attached hydrogen (secondary N) is 1. The van der Waals surface area contributed by atoms with E-state index in [1.54, 1.807) is 39.0 Å². The molecule has 0 unspecified atom stereocenters. The highest BCUT2D eigenvalue weighted by Crippen LogP contribution is 2.39. The number of hydrogen-bond acceptors (Lipinski definition) is 9. The summed E-state index contributed by atoms with van der Waals surface area (Å²) in [7, 11) is -1.69. The Hall–Kier alpha value is -3.34. The van der Waals surface area contributed by atoms with Gasteiger partial charge in [0, 0.05) is 17.2 Å². The van der Waals surface area contributed by atoms with Gasteiger partial charge >= 0.3 is 0 Å². The molecule has 2 atom stereocenters. The number of ether oxygens (including phenoxy) is 1. The molecule has 1 aromatic carbocycles. The summed E-state index contributed by atoms with van der Waals surface area (Å²) in [5.41, 5.74) is 6.45. The molecule has 1 aliphatic rings. The molecular formula is C21H23FN6O3S. The number of amidine groups is 1. The van der Waals surface area contributed by atoms with Gasteiger partial charge in [-0.1, -0.05) is 5.16 Å². The van der Waals surface area contributed by atoms with Crippen LogP contribution in [-0.2, 0) is 15.3 Å². The van der Waals surface area contributed by atoms with Crippen molar-refractivity contribution in [3.05, 3.63) is 48.0 Å². The average Bonchev–Trinajstić information content (AvgIpc) is 3.22. The van der Waals surface area contributed by atoms with E-state index < -0.39 is 25.8 Å². The van der Waals surface area contributed by atoms with Crippen molar-refractivity contribution in [3.8, 4) is 28.6 Å². The molecule has 0 saturated carbocycles. The second kappa shape index (κ2) is 7.37. The molecule has 2 aromatic heterocycles. The predicted molar refractivity (Wildman–Crippen MR) is 118 cm³/mol. The van der Waals surface area contributed by atoms with Crippen molar-refractivity contribution < 1.29 is 17.9 Å². The molecular weight excluding hydrogens is 435 g/mol. The van der Waals surface area contributed by atoms with Gasteiger partial charge in [-0.2, -0.15) is 0 Å². The molecule has 0 saturated heterocycles. The van der Waals surface area contributed by atoms with E-state index in [1.807, 2.05) is 0 Å². The third-order valence-electron chi connectivity index (χ3n) is 5.73. The van der Waals surface area contributed by atoms with Gasteiger partial charge in [-0.15, -0.1) is 0 Å². The summed E-state index contributed by atoms with van der Waals surface area (Å²) in [6.07, 6.45) is 2.97. The monoisotopic (exact) mass is 458 g/mol. The van der Waals surface area contributed by atoms with Crippen LogP contribution in [0.15, 0.2) is 46.2 Å². The van der Waals surface area contributed by atoms with Gasteiger partial charge < -0.3 is 15.0 Å². The maximum absolute atomic E-state index is 14.9. The molecule has 3 N–H and O–H groups in total. The predicted octanol–water partition coefficient (Wildman–Crippen LogP) is 3.36. The normalized spacial score (nSPS) is 24.7. The summed E-state index contributed by atoms with van der Waals surface area (Å²) in [4.78, 5) is 12.8. The standard InChI is InChI=1S/C21H23FN6O3S/c1-20(2)19(23)27-21(3,11-32(20,24)29)13-7-12(5-6-14(13)22)17-8-15(28-31-17)16-9-26-18(30-4)10-25-16/h5-10,24H,11H2,1-4H3,(H2,23,27)/t21-,32+/m0/s1. The van der Waals surface area contributed by atoms with E-state index in [4.69, 9.17) is 19.8 Å². The van der Waals surface area contributed by atoms with Crippen LogP contribution < -0.4 is 10.5 Å². The number of nitrogens with two attached hydrogens (primary N) is 1. The fourth-order valence-electron chi connectivity index (χ4n) is 3.49. The molecule has 32 heavy (non-hydrogen) atoms. The summed E-state index contributed by atoms with van der Waals surface area (Å²) in [5.74, 6) is 0.119. The van der Waals surface area contributed by atoms with Gasteiger partial charge in [0.15, 0.2) is 5.76 Å². The molecule has 168 valence electrons. The number of nitrogens with zero attached hydrogens (tertiary/aromatic N) is 4. The Morgan fingerprint density at radius 2 is 1.94 bits per heavy atom. The first-order valence-corrected chi connectivity index (χ1v) is 11.4. The minimum absolute atomic E-state index is 0.0658. The van der Waals surface area contributed by atoms with Gasteiger partial charge in [-0.05, 0) is 39.0 Å². The van der Waals surface area contributed by atoms with Crippen LogP contribution in [0.25, 0.3) is 22.7 Å². The number of benzene rings is 1. The van der Waals surface area contributed by atoms with E-state index >= 15 is 0 Å². The van der Waals surface area contributed by atoms with E-state index in [9.17, 15) is 8.60 Å². The highest BCUT2D eigenvalue weighted by molar-refractivity contribution is 7.94. The first-order chi connectivity index (χ1) is 15.0. The maximum Gasteiger partial charge on any atom is 0.232 e. The number of halogens is 1. The Morgan fingerprint density at radius 3 is 2.56 bits per heavy atom. The van der Waals surface area contributed by atoms with E-state index in [0.29, 0.717) is 28.6 Å². The van der Waals surface area contributed by atoms with Crippen LogP contribution >= 0.6 is 0 Å². The van der Waals surface area contributed by atoms with Crippen LogP contribution in [0.2, 0.25) is 0 Å². The minimum Gasteiger partial charge on any atom is -0.480 e. The zero-order chi connectivity index (χ0) is 23.3. The van der Waals surface area contributed by atoms with Gasteiger partial charge in [0.25, 0.3) is 0 Å². The molecule has 0 fully saturated rings. The molecule has 4 rings (SSSR count). The van der Waals surface area contributed by atoms with Crippen LogP contribution in [0.4, 0.5) is 4.39 Å². The lowest BCUT2D eigenvalue weighted by Gasteiger charge is -2.39. The fourth-order valence-corrected chi connectivity index (χ4v) is 5.25. The minimum atomic E-state index is -3.18.